The smallest absolute Gasteiger partial charge is 0.333 e. The van der Waals surface area contributed by atoms with Gasteiger partial charge in [-0.15, -0.1) is 0 Å². The van der Waals surface area contributed by atoms with Crippen LogP contribution < -0.4 is 0 Å². The van der Waals surface area contributed by atoms with Crippen LogP contribution in [-0.4, -0.2) is 58.4 Å². The lowest BCUT2D eigenvalue weighted by Gasteiger charge is -2.32. The monoisotopic (exact) mass is 536 g/mol. The van der Waals surface area contributed by atoms with E-state index in [1.165, 1.54) is 0 Å². The van der Waals surface area contributed by atoms with E-state index in [0.717, 1.165) is 24.2 Å². The van der Waals surface area contributed by atoms with Crippen LogP contribution in [0.4, 0.5) is 0 Å². The van der Waals surface area contributed by atoms with Gasteiger partial charge in [0, 0.05) is 22.3 Å². The summed E-state index contributed by atoms with van der Waals surface area (Å²) in [5, 5.41) is 0. The summed E-state index contributed by atoms with van der Waals surface area (Å²) in [6, 6.07) is 3.42. The van der Waals surface area contributed by atoms with Crippen LogP contribution in [-0.2, 0) is 38.1 Å². The lowest BCUT2D eigenvalue weighted by Crippen LogP contribution is -2.35. The molecule has 0 N–H and O–H groups in total. The molecule has 0 bridgehead atoms. The summed E-state index contributed by atoms with van der Waals surface area (Å²) in [5.41, 5.74) is 1.39. The molecule has 0 aromatic rings. The topological polar surface area (TPSA) is 105 Å². The summed E-state index contributed by atoms with van der Waals surface area (Å²) < 4.78 is 21.2. The molecule has 0 saturated heterocycles. The highest BCUT2D eigenvalue weighted by Gasteiger charge is 2.31. The Kier molecular flexibility index (Phi) is 16.9. The number of ether oxygens (including phenoxy) is 4. The zero-order valence-corrected chi connectivity index (χ0v) is 24.1. The third-order valence-electron chi connectivity index (χ3n) is 5.73. The molecule has 208 valence electrons. The number of esters is 4. The first-order valence-electron chi connectivity index (χ1n) is 12.6. The van der Waals surface area contributed by atoms with E-state index in [1.807, 2.05) is 0 Å². The second-order valence-corrected chi connectivity index (χ2v) is 14.6. The Labute approximate surface area is 222 Å². The predicted octanol–water partition coefficient (Wildman–Crippen LogP) is 5.47. The SMILES string of the molecule is C=C(C)C(=O)OCCC[Si](CCCOC(=O)C(=C)C)(CCCOC(=O)C(=C)C)CCCOC(=O)C(=C)C. The van der Waals surface area contributed by atoms with Gasteiger partial charge in [0.25, 0.3) is 0 Å². The van der Waals surface area contributed by atoms with E-state index in [-0.39, 0.29) is 26.4 Å². The second kappa shape index (κ2) is 18.3. The van der Waals surface area contributed by atoms with Crippen molar-refractivity contribution in [1.29, 1.82) is 0 Å². The van der Waals surface area contributed by atoms with Gasteiger partial charge in [-0.3, -0.25) is 0 Å². The molecule has 0 rings (SSSR count). The summed E-state index contributed by atoms with van der Waals surface area (Å²) in [4.78, 5) is 47.1. The van der Waals surface area contributed by atoms with Crippen molar-refractivity contribution in [2.45, 2.75) is 77.6 Å². The molecule has 0 amide bonds. The van der Waals surface area contributed by atoms with E-state index >= 15 is 0 Å². The zero-order chi connectivity index (χ0) is 28.4. The Morgan fingerprint density at radius 1 is 0.459 bits per heavy atom. The molecular formula is C28H44O8Si. The third-order valence-corrected chi connectivity index (χ3v) is 11.4. The van der Waals surface area contributed by atoms with Crippen molar-refractivity contribution >= 4 is 32.0 Å². The second-order valence-electron chi connectivity index (χ2n) is 9.58. The first-order chi connectivity index (χ1) is 17.3. The molecule has 0 aliphatic carbocycles. The maximum Gasteiger partial charge on any atom is 0.333 e. The van der Waals surface area contributed by atoms with Crippen molar-refractivity contribution in [2.24, 2.45) is 0 Å². The Hall–Kier alpha value is -2.94. The average molecular weight is 537 g/mol. The Morgan fingerprint density at radius 2 is 0.649 bits per heavy atom. The van der Waals surface area contributed by atoms with Gasteiger partial charge in [0.2, 0.25) is 0 Å². The highest BCUT2D eigenvalue weighted by Crippen LogP contribution is 2.32. The van der Waals surface area contributed by atoms with Crippen LogP contribution in [0.1, 0.15) is 53.4 Å². The lowest BCUT2D eigenvalue weighted by molar-refractivity contribution is -0.139. The first-order valence-corrected chi connectivity index (χ1v) is 15.4. The molecule has 0 aliphatic heterocycles. The van der Waals surface area contributed by atoms with Crippen molar-refractivity contribution in [3.63, 3.8) is 0 Å². The van der Waals surface area contributed by atoms with Crippen molar-refractivity contribution in [3.8, 4) is 0 Å². The van der Waals surface area contributed by atoms with Crippen molar-refractivity contribution in [3.05, 3.63) is 48.6 Å². The Bertz CT molecular complexity index is 717. The van der Waals surface area contributed by atoms with Gasteiger partial charge in [-0.1, -0.05) is 50.5 Å². The highest BCUT2D eigenvalue weighted by atomic mass is 28.3. The molecule has 0 spiro atoms. The molecule has 37 heavy (non-hydrogen) atoms. The number of carbonyl (C=O) groups is 4. The molecule has 0 aromatic carbocycles. The van der Waals surface area contributed by atoms with E-state index in [2.05, 4.69) is 26.3 Å². The van der Waals surface area contributed by atoms with Gasteiger partial charge in [-0.25, -0.2) is 19.2 Å². The number of rotatable bonds is 20. The van der Waals surface area contributed by atoms with Crippen LogP contribution in [0.3, 0.4) is 0 Å². The maximum absolute atomic E-state index is 11.8. The maximum atomic E-state index is 11.8. The minimum absolute atomic E-state index is 0.278. The van der Waals surface area contributed by atoms with E-state index < -0.39 is 32.0 Å². The van der Waals surface area contributed by atoms with Crippen molar-refractivity contribution in [1.82, 2.24) is 0 Å². The van der Waals surface area contributed by atoms with E-state index in [9.17, 15) is 19.2 Å². The molecule has 0 aromatic heterocycles. The van der Waals surface area contributed by atoms with Crippen LogP contribution in [0, 0.1) is 0 Å². The van der Waals surface area contributed by atoms with Crippen LogP contribution in [0.25, 0.3) is 0 Å². The number of hydrogen-bond donors (Lipinski definition) is 0. The van der Waals surface area contributed by atoms with Crippen LogP contribution in [0.5, 0.6) is 0 Å². The van der Waals surface area contributed by atoms with Crippen molar-refractivity contribution < 1.29 is 38.1 Å². The first kappa shape index (κ1) is 34.1. The summed E-state index contributed by atoms with van der Waals surface area (Å²) in [6.45, 7) is 21.9. The van der Waals surface area contributed by atoms with Gasteiger partial charge < -0.3 is 18.9 Å². The molecule has 0 saturated carbocycles. The normalized spacial score (nSPS) is 10.7. The Balaban J connectivity index is 5.37. The summed E-state index contributed by atoms with van der Waals surface area (Å²) in [6.07, 6.45) is 2.70. The van der Waals surface area contributed by atoms with Crippen LogP contribution >= 0.6 is 0 Å². The lowest BCUT2D eigenvalue weighted by atomic mass is 10.4. The molecule has 0 radical (unpaired) electrons. The summed E-state index contributed by atoms with van der Waals surface area (Å²) in [7, 11) is -2.05. The van der Waals surface area contributed by atoms with Gasteiger partial charge >= 0.3 is 23.9 Å². The third kappa shape index (κ3) is 15.7. The van der Waals surface area contributed by atoms with Gasteiger partial charge in [0.1, 0.15) is 0 Å². The van der Waals surface area contributed by atoms with E-state index in [4.69, 9.17) is 18.9 Å². The highest BCUT2D eigenvalue weighted by molar-refractivity contribution is 6.79. The predicted molar refractivity (Wildman–Crippen MR) is 147 cm³/mol. The van der Waals surface area contributed by atoms with E-state index in [0.29, 0.717) is 48.0 Å². The van der Waals surface area contributed by atoms with Gasteiger partial charge in [0.05, 0.1) is 34.5 Å². The van der Waals surface area contributed by atoms with E-state index in [1.54, 1.807) is 27.7 Å². The zero-order valence-electron chi connectivity index (χ0n) is 23.1. The standard InChI is InChI=1S/C28H44O8Si/c1-21(2)25(29)33-13-9-17-37(18-10-14-34-26(30)22(3)4,19-11-15-35-27(31)23(5)6)20-12-16-36-28(32)24(7)8/h1,3,5,7,9-20H2,2,4,6,8H3. The summed E-state index contributed by atoms with van der Waals surface area (Å²) >= 11 is 0. The van der Waals surface area contributed by atoms with Gasteiger partial charge in [-0.2, -0.15) is 0 Å². The van der Waals surface area contributed by atoms with Crippen LogP contribution in [0.2, 0.25) is 24.2 Å². The molecule has 0 aliphatic rings. The fourth-order valence-corrected chi connectivity index (χ4v) is 8.77. The molecular weight excluding hydrogens is 492 g/mol. The minimum Gasteiger partial charge on any atom is -0.462 e. The molecule has 9 heteroatoms. The van der Waals surface area contributed by atoms with Gasteiger partial charge in [0.15, 0.2) is 0 Å². The molecule has 0 heterocycles. The molecule has 8 nitrogen and oxygen atoms in total. The fourth-order valence-electron chi connectivity index (χ4n) is 3.69. The number of hydrogen-bond acceptors (Lipinski definition) is 8. The fraction of sp³-hybridized carbons (Fsp3) is 0.571. The van der Waals surface area contributed by atoms with Gasteiger partial charge in [-0.05, 0) is 53.4 Å². The van der Waals surface area contributed by atoms with Crippen LogP contribution in [0.15, 0.2) is 48.6 Å². The van der Waals surface area contributed by atoms with Crippen molar-refractivity contribution in [2.75, 3.05) is 26.4 Å². The minimum atomic E-state index is -2.05. The molecule has 0 fully saturated rings. The molecule has 0 atom stereocenters. The quantitative estimate of drug-likeness (QED) is 0.0663. The average Bonchev–Trinajstić information content (AvgIpc) is 2.83. The Morgan fingerprint density at radius 3 is 0.811 bits per heavy atom. The largest absolute Gasteiger partial charge is 0.462 e. The number of carbonyl (C=O) groups excluding carboxylic acids is 4. The summed E-state index contributed by atoms with van der Waals surface area (Å²) in [5.74, 6) is -1.68. The molecule has 0 unspecified atom stereocenters.